The minimum absolute atomic E-state index is 0.0307. The molecule has 0 saturated carbocycles. The monoisotopic (exact) mass is 387 g/mol. The van der Waals surface area contributed by atoms with Crippen LogP contribution in [0.15, 0.2) is 18.2 Å². The molecular formula is C20H26FN5O2. The number of nitrogens with one attached hydrogen (secondary N) is 1. The van der Waals surface area contributed by atoms with E-state index < -0.39 is 5.91 Å². The Bertz CT molecular complexity index is 889. The molecule has 1 fully saturated rings. The van der Waals surface area contributed by atoms with Crippen LogP contribution in [0.2, 0.25) is 0 Å². The van der Waals surface area contributed by atoms with Crippen LogP contribution in [-0.4, -0.2) is 42.1 Å². The molecule has 8 heteroatoms. The number of nitrogens with two attached hydrogens (primary N) is 1. The Morgan fingerprint density at radius 1 is 1.39 bits per heavy atom. The molecule has 2 aromatic rings. The van der Waals surface area contributed by atoms with Crippen LogP contribution in [0.3, 0.4) is 0 Å². The highest BCUT2D eigenvalue weighted by Gasteiger charge is 2.27. The number of carbonyl (C=O) groups is 1. The van der Waals surface area contributed by atoms with Gasteiger partial charge in [0.15, 0.2) is 0 Å². The summed E-state index contributed by atoms with van der Waals surface area (Å²) < 4.78 is 19.4. The average molecular weight is 387 g/mol. The van der Waals surface area contributed by atoms with E-state index in [1.54, 1.807) is 12.1 Å². The molecule has 0 aliphatic carbocycles. The fourth-order valence-corrected chi connectivity index (χ4v) is 3.55. The first-order valence-electron chi connectivity index (χ1n) is 9.29. The van der Waals surface area contributed by atoms with Crippen LogP contribution in [0.4, 0.5) is 10.2 Å². The number of hydrogen-bond acceptors (Lipinski definition) is 6. The van der Waals surface area contributed by atoms with Crippen LogP contribution < -0.4 is 20.7 Å². The summed E-state index contributed by atoms with van der Waals surface area (Å²) in [6.07, 6.45) is 0.885. The minimum atomic E-state index is -0.637. The lowest BCUT2D eigenvalue weighted by atomic mass is 10.1. The van der Waals surface area contributed by atoms with Crippen molar-refractivity contribution in [2.45, 2.75) is 39.3 Å². The summed E-state index contributed by atoms with van der Waals surface area (Å²) in [5, 5.41) is 3.49. The molecule has 1 saturated heterocycles. The smallest absolute Gasteiger partial charge is 0.286 e. The highest BCUT2D eigenvalue weighted by Crippen LogP contribution is 2.26. The molecule has 1 aliphatic rings. The van der Waals surface area contributed by atoms with Crippen LogP contribution in [0, 0.1) is 19.7 Å². The topological polar surface area (TPSA) is 93.4 Å². The number of primary amides is 1. The maximum Gasteiger partial charge on any atom is 0.286 e. The molecule has 1 aliphatic heterocycles. The van der Waals surface area contributed by atoms with Gasteiger partial charge in [0.2, 0.25) is 5.82 Å². The molecule has 150 valence electrons. The molecule has 1 aromatic heterocycles. The van der Waals surface area contributed by atoms with Crippen molar-refractivity contribution in [1.82, 2.24) is 15.3 Å². The summed E-state index contributed by atoms with van der Waals surface area (Å²) in [5.41, 5.74) is 7.62. The SMILES string of the molecule is COc1ccc(C(C)N[C@@H]2CCN(c3nc(C(N)=O)nc(C)c3C)C2)c(F)c1. The van der Waals surface area contributed by atoms with Gasteiger partial charge in [-0.2, -0.15) is 0 Å². The number of methoxy groups -OCH3 is 1. The van der Waals surface area contributed by atoms with E-state index in [0.29, 0.717) is 17.9 Å². The van der Waals surface area contributed by atoms with Gasteiger partial charge in [-0.05, 0) is 33.3 Å². The Kier molecular flexibility index (Phi) is 5.79. The number of anilines is 1. The Hall–Kier alpha value is -2.74. The van der Waals surface area contributed by atoms with Gasteiger partial charge >= 0.3 is 0 Å². The van der Waals surface area contributed by atoms with Gasteiger partial charge in [-0.15, -0.1) is 0 Å². The van der Waals surface area contributed by atoms with Crippen molar-refractivity contribution in [2.75, 3.05) is 25.1 Å². The molecule has 7 nitrogen and oxygen atoms in total. The van der Waals surface area contributed by atoms with Crippen molar-refractivity contribution in [3.8, 4) is 5.75 Å². The molecule has 0 radical (unpaired) electrons. The quantitative estimate of drug-likeness (QED) is 0.790. The number of aromatic nitrogens is 2. The van der Waals surface area contributed by atoms with Crippen LogP contribution in [-0.2, 0) is 0 Å². The fraction of sp³-hybridized carbons (Fsp3) is 0.450. The van der Waals surface area contributed by atoms with Crippen molar-refractivity contribution < 1.29 is 13.9 Å². The molecular weight excluding hydrogens is 361 g/mol. The van der Waals surface area contributed by atoms with E-state index in [1.165, 1.54) is 13.2 Å². The standard InChI is InChI=1S/C20H26FN5O2/c1-11-12(2)24-19(18(22)27)25-20(11)26-8-7-14(10-26)23-13(3)16-6-5-15(28-4)9-17(16)21/h5-6,9,13-14,23H,7-8,10H2,1-4H3,(H2,22,27)/t13?,14-/m1/s1. The van der Waals surface area contributed by atoms with Crippen molar-refractivity contribution in [3.05, 3.63) is 46.7 Å². The molecule has 3 N–H and O–H groups in total. The van der Waals surface area contributed by atoms with Crippen molar-refractivity contribution in [3.63, 3.8) is 0 Å². The van der Waals surface area contributed by atoms with Gasteiger partial charge in [-0.25, -0.2) is 14.4 Å². The van der Waals surface area contributed by atoms with Gasteiger partial charge in [0, 0.05) is 48.1 Å². The van der Waals surface area contributed by atoms with Gasteiger partial charge in [0.05, 0.1) is 7.11 Å². The number of halogens is 1. The second-order valence-electron chi connectivity index (χ2n) is 7.15. The van der Waals surface area contributed by atoms with Crippen molar-refractivity contribution >= 4 is 11.7 Å². The lowest BCUT2D eigenvalue weighted by Gasteiger charge is -2.23. The van der Waals surface area contributed by atoms with Gasteiger partial charge < -0.3 is 20.7 Å². The van der Waals surface area contributed by atoms with Gasteiger partial charge in [-0.3, -0.25) is 4.79 Å². The zero-order valence-electron chi connectivity index (χ0n) is 16.6. The summed E-state index contributed by atoms with van der Waals surface area (Å²) in [6.45, 7) is 7.21. The second kappa shape index (κ2) is 8.10. The lowest BCUT2D eigenvalue weighted by Crippen LogP contribution is -2.35. The average Bonchev–Trinajstić information content (AvgIpc) is 3.11. The van der Waals surface area contributed by atoms with Gasteiger partial charge in [-0.1, -0.05) is 6.07 Å². The second-order valence-corrected chi connectivity index (χ2v) is 7.15. The summed E-state index contributed by atoms with van der Waals surface area (Å²) in [7, 11) is 1.52. The predicted molar refractivity (Wildman–Crippen MR) is 105 cm³/mol. The van der Waals surface area contributed by atoms with E-state index in [-0.39, 0.29) is 23.7 Å². The van der Waals surface area contributed by atoms with E-state index in [9.17, 15) is 9.18 Å². The normalized spacial score (nSPS) is 17.6. The predicted octanol–water partition coefficient (Wildman–Crippen LogP) is 2.27. The zero-order chi connectivity index (χ0) is 20.4. The first-order chi connectivity index (χ1) is 13.3. The lowest BCUT2D eigenvalue weighted by molar-refractivity contribution is 0.0990. The first kappa shape index (κ1) is 20.0. The molecule has 2 atom stereocenters. The van der Waals surface area contributed by atoms with E-state index in [1.807, 2.05) is 20.8 Å². The molecule has 0 bridgehead atoms. The number of nitrogens with zero attached hydrogens (tertiary/aromatic N) is 3. The third-order valence-electron chi connectivity index (χ3n) is 5.23. The minimum Gasteiger partial charge on any atom is -0.497 e. The highest BCUT2D eigenvalue weighted by molar-refractivity contribution is 5.89. The van der Waals surface area contributed by atoms with Crippen LogP contribution in [0.5, 0.6) is 5.75 Å². The number of aryl methyl sites for hydroxylation is 1. The van der Waals surface area contributed by atoms with E-state index in [4.69, 9.17) is 10.5 Å². The maximum atomic E-state index is 14.3. The zero-order valence-corrected chi connectivity index (χ0v) is 16.6. The van der Waals surface area contributed by atoms with Gasteiger partial charge in [0.1, 0.15) is 17.4 Å². The van der Waals surface area contributed by atoms with Crippen LogP contribution >= 0.6 is 0 Å². The Labute approximate surface area is 164 Å². The molecule has 28 heavy (non-hydrogen) atoms. The van der Waals surface area contributed by atoms with E-state index >= 15 is 0 Å². The Balaban J connectivity index is 1.71. The van der Waals surface area contributed by atoms with Gasteiger partial charge in [0.25, 0.3) is 5.91 Å². The fourth-order valence-electron chi connectivity index (χ4n) is 3.55. The molecule has 0 spiro atoms. The third-order valence-corrected chi connectivity index (χ3v) is 5.23. The maximum absolute atomic E-state index is 14.3. The number of ether oxygens (including phenoxy) is 1. The molecule has 2 heterocycles. The van der Waals surface area contributed by atoms with E-state index in [2.05, 4.69) is 20.2 Å². The summed E-state index contributed by atoms with van der Waals surface area (Å²) in [6, 6.07) is 4.92. The summed E-state index contributed by atoms with van der Waals surface area (Å²) >= 11 is 0. The third kappa shape index (κ3) is 4.06. The molecule has 1 amide bonds. The number of benzene rings is 1. The number of carbonyl (C=O) groups excluding carboxylic acids is 1. The number of hydrogen-bond donors (Lipinski definition) is 2. The number of rotatable bonds is 6. The van der Waals surface area contributed by atoms with Crippen molar-refractivity contribution in [1.29, 1.82) is 0 Å². The highest BCUT2D eigenvalue weighted by atomic mass is 19.1. The Morgan fingerprint density at radius 3 is 2.79 bits per heavy atom. The first-order valence-corrected chi connectivity index (χ1v) is 9.29. The Morgan fingerprint density at radius 2 is 2.14 bits per heavy atom. The van der Waals surface area contributed by atoms with E-state index in [0.717, 1.165) is 30.0 Å². The molecule has 1 aromatic carbocycles. The molecule has 1 unspecified atom stereocenters. The molecule has 3 rings (SSSR count). The van der Waals surface area contributed by atoms with Crippen LogP contribution in [0.25, 0.3) is 0 Å². The number of amides is 1. The van der Waals surface area contributed by atoms with Crippen molar-refractivity contribution in [2.24, 2.45) is 5.73 Å². The summed E-state index contributed by atoms with van der Waals surface area (Å²) in [4.78, 5) is 22.1. The summed E-state index contributed by atoms with van der Waals surface area (Å²) in [5.74, 6) is 0.335. The van der Waals surface area contributed by atoms with Crippen LogP contribution in [0.1, 0.15) is 46.8 Å². The largest absolute Gasteiger partial charge is 0.497 e.